The molecule has 0 saturated heterocycles. The van der Waals surface area contributed by atoms with Crippen molar-refractivity contribution in [3.05, 3.63) is 46.3 Å². The van der Waals surface area contributed by atoms with E-state index in [1.54, 1.807) is 10.9 Å². The van der Waals surface area contributed by atoms with Crippen molar-refractivity contribution in [2.45, 2.75) is 57.6 Å². The van der Waals surface area contributed by atoms with Gasteiger partial charge in [0.25, 0.3) is 0 Å². The number of benzene rings is 1. The smallest absolute Gasteiger partial charge is 0.241 e. The molecule has 6 nitrogen and oxygen atoms in total. The molecule has 2 N–H and O–H groups in total. The Morgan fingerprint density at radius 3 is 2.23 bits per heavy atom. The summed E-state index contributed by atoms with van der Waals surface area (Å²) < 4.78 is 31.2. The van der Waals surface area contributed by atoms with Gasteiger partial charge in [0.05, 0.1) is 23.2 Å². The molecule has 3 rings (SSSR count). The van der Waals surface area contributed by atoms with Crippen molar-refractivity contribution < 1.29 is 13.5 Å². The van der Waals surface area contributed by atoms with Crippen molar-refractivity contribution in [3.63, 3.8) is 0 Å². The third kappa shape index (κ3) is 3.43. The Morgan fingerprint density at radius 1 is 1.19 bits per heavy atom. The van der Waals surface area contributed by atoms with Gasteiger partial charge >= 0.3 is 0 Å². The maximum Gasteiger partial charge on any atom is 0.241 e. The van der Waals surface area contributed by atoms with Gasteiger partial charge in [-0.2, -0.15) is 5.10 Å². The van der Waals surface area contributed by atoms with Gasteiger partial charge in [-0.15, -0.1) is 0 Å². The van der Waals surface area contributed by atoms with Crippen molar-refractivity contribution in [1.29, 1.82) is 0 Å². The van der Waals surface area contributed by atoms with Crippen LogP contribution in [0.4, 0.5) is 0 Å². The second kappa shape index (κ2) is 6.79. The van der Waals surface area contributed by atoms with Gasteiger partial charge in [-0.25, -0.2) is 13.1 Å². The Morgan fingerprint density at radius 2 is 1.77 bits per heavy atom. The van der Waals surface area contributed by atoms with Gasteiger partial charge in [0.15, 0.2) is 0 Å². The molecule has 26 heavy (non-hydrogen) atoms. The average Bonchev–Trinajstić information content (AvgIpc) is 2.94. The van der Waals surface area contributed by atoms with E-state index in [-0.39, 0.29) is 12.0 Å². The highest BCUT2D eigenvalue weighted by molar-refractivity contribution is 7.89. The van der Waals surface area contributed by atoms with Crippen LogP contribution >= 0.6 is 0 Å². The fourth-order valence-electron chi connectivity index (χ4n) is 3.75. The Bertz CT molecular complexity index is 901. The van der Waals surface area contributed by atoms with Crippen LogP contribution in [0, 0.1) is 33.6 Å². The first-order chi connectivity index (χ1) is 12.1. The molecule has 1 aliphatic carbocycles. The van der Waals surface area contributed by atoms with Gasteiger partial charge in [-0.3, -0.25) is 4.68 Å². The van der Waals surface area contributed by atoms with Crippen LogP contribution in [0.1, 0.15) is 46.7 Å². The van der Waals surface area contributed by atoms with E-state index < -0.39 is 16.1 Å². The molecule has 1 saturated carbocycles. The molecule has 0 spiro atoms. The molecule has 142 valence electrons. The van der Waals surface area contributed by atoms with E-state index in [0.29, 0.717) is 17.7 Å². The highest BCUT2D eigenvalue weighted by Crippen LogP contribution is 2.39. The predicted molar refractivity (Wildman–Crippen MR) is 100 cm³/mol. The highest BCUT2D eigenvalue weighted by atomic mass is 32.2. The first kappa shape index (κ1) is 19.1. The molecule has 0 bridgehead atoms. The summed E-state index contributed by atoms with van der Waals surface area (Å²) in [6.45, 7) is 7.56. The maximum atomic E-state index is 13.3. The summed E-state index contributed by atoms with van der Waals surface area (Å²) in [6.07, 6.45) is 4.35. The first-order valence-electron chi connectivity index (χ1n) is 8.86. The van der Waals surface area contributed by atoms with Gasteiger partial charge in [0, 0.05) is 18.8 Å². The van der Waals surface area contributed by atoms with Crippen molar-refractivity contribution in [2.24, 2.45) is 13.0 Å². The van der Waals surface area contributed by atoms with Crippen molar-refractivity contribution in [1.82, 2.24) is 14.5 Å². The van der Waals surface area contributed by atoms with Crippen molar-refractivity contribution in [2.75, 3.05) is 0 Å². The maximum absolute atomic E-state index is 13.3. The number of aryl methyl sites for hydroxylation is 3. The number of nitrogens with zero attached hydrogens (tertiary/aromatic N) is 2. The Hall–Kier alpha value is -1.70. The average molecular weight is 378 g/mol. The molecular weight excluding hydrogens is 350 g/mol. The molecule has 1 aromatic heterocycles. The number of hydrogen-bond acceptors (Lipinski definition) is 4. The van der Waals surface area contributed by atoms with Crippen LogP contribution in [0.25, 0.3) is 0 Å². The Labute approximate surface area is 155 Å². The van der Waals surface area contributed by atoms with Gasteiger partial charge in [-0.05, 0) is 68.7 Å². The number of aliphatic hydroxyl groups excluding tert-OH is 1. The molecule has 7 heteroatoms. The van der Waals surface area contributed by atoms with Gasteiger partial charge in [0.1, 0.15) is 0 Å². The van der Waals surface area contributed by atoms with E-state index in [9.17, 15) is 13.5 Å². The molecule has 0 amide bonds. The minimum atomic E-state index is -3.71. The molecular formula is C19H27N3O3S. The van der Waals surface area contributed by atoms with Crippen molar-refractivity contribution >= 4 is 10.0 Å². The zero-order chi connectivity index (χ0) is 19.2. The van der Waals surface area contributed by atoms with E-state index in [1.165, 1.54) is 0 Å². The van der Waals surface area contributed by atoms with Gasteiger partial charge in [-0.1, -0.05) is 6.07 Å². The molecule has 0 unspecified atom stereocenters. The lowest BCUT2D eigenvalue weighted by atomic mass is 9.76. The van der Waals surface area contributed by atoms with E-state index in [1.807, 2.05) is 47.0 Å². The van der Waals surface area contributed by atoms with Crippen LogP contribution in [0.5, 0.6) is 0 Å². The summed E-state index contributed by atoms with van der Waals surface area (Å²) in [7, 11) is -1.90. The second-order valence-corrected chi connectivity index (χ2v) is 9.17. The lowest BCUT2D eigenvalue weighted by Crippen LogP contribution is -2.41. The molecule has 1 aliphatic rings. The third-order valence-electron chi connectivity index (χ3n) is 5.55. The van der Waals surface area contributed by atoms with E-state index in [4.69, 9.17) is 0 Å². The molecule has 1 atom stereocenters. The topological polar surface area (TPSA) is 84.2 Å². The quantitative estimate of drug-likeness (QED) is 0.838. The van der Waals surface area contributed by atoms with Gasteiger partial charge < -0.3 is 5.11 Å². The van der Waals surface area contributed by atoms with Crippen LogP contribution in [0.2, 0.25) is 0 Å². The van der Waals surface area contributed by atoms with Crippen LogP contribution < -0.4 is 4.72 Å². The predicted octanol–water partition coefficient (Wildman–Crippen LogP) is 2.44. The molecule has 1 heterocycles. The number of aliphatic hydroxyl groups is 1. The molecule has 0 aliphatic heterocycles. The lowest BCUT2D eigenvalue weighted by molar-refractivity contribution is 0.0280. The summed E-state index contributed by atoms with van der Waals surface area (Å²) in [5.41, 5.74) is 4.31. The van der Waals surface area contributed by atoms with E-state index in [2.05, 4.69) is 9.82 Å². The summed E-state index contributed by atoms with van der Waals surface area (Å²) >= 11 is 0. The van der Waals surface area contributed by atoms with E-state index >= 15 is 0 Å². The highest BCUT2D eigenvalue weighted by Gasteiger charge is 2.38. The van der Waals surface area contributed by atoms with Crippen LogP contribution in [-0.2, 0) is 17.1 Å². The van der Waals surface area contributed by atoms with E-state index in [0.717, 1.165) is 27.8 Å². The molecule has 1 aromatic carbocycles. The largest absolute Gasteiger partial charge is 0.393 e. The first-order valence-corrected chi connectivity index (χ1v) is 10.3. The lowest BCUT2D eigenvalue weighted by Gasteiger charge is -2.37. The molecule has 0 radical (unpaired) electrons. The summed E-state index contributed by atoms with van der Waals surface area (Å²) in [6, 6.07) is 1.63. The molecule has 2 aromatic rings. The summed E-state index contributed by atoms with van der Waals surface area (Å²) in [5, 5.41) is 13.9. The second-order valence-electron chi connectivity index (χ2n) is 7.52. The number of sulfonamides is 1. The van der Waals surface area contributed by atoms with Crippen molar-refractivity contribution in [3.8, 4) is 0 Å². The standard InChI is InChI=1S/C19H27N3O3S/c1-11-6-12(2)14(4)19(13(11)3)26(24,25)21-18(15-7-17(23)8-15)16-9-20-22(5)10-16/h6,9-10,15,17-18,21,23H,7-8H2,1-5H3/t15?,17?,18-/m1/s1. The Kier molecular flexibility index (Phi) is 4.98. The zero-order valence-corrected chi connectivity index (χ0v) is 16.8. The monoisotopic (exact) mass is 377 g/mol. The summed E-state index contributed by atoms with van der Waals surface area (Å²) in [5.74, 6) is 0.0653. The SMILES string of the molecule is Cc1cc(C)c(C)c(S(=O)(=O)N[C@@H](c2cnn(C)c2)C2CC(O)C2)c1C. The van der Waals surface area contributed by atoms with Crippen LogP contribution in [0.15, 0.2) is 23.4 Å². The summed E-state index contributed by atoms with van der Waals surface area (Å²) in [4.78, 5) is 0.365. The minimum Gasteiger partial charge on any atom is -0.393 e. The number of hydrogen-bond donors (Lipinski definition) is 2. The van der Waals surface area contributed by atoms with Crippen LogP contribution in [-0.4, -0.2) is 29.4 Å². The van der Waals surface area contributed by atoms with Gasteiger partial charge in [0.2, 0.25) is 10.0 Å². The third-order valence-corrected chi connectivity index (χ3v) is 7.27. The Balaban J connectivity index is 2.01. The minimum absolute atomic E-state index is 0.0653. The molecule has 1 fully saturated rings. The fourth-order valence-corrected chi connectivity index (χ4v) is 5.66. The normalized spacial score (nSPS) is 21.5. The zero-order valence-electron chi connectivity index (χ0n) is 15.9. The number of nitrogens with one attached hydrogen (secondary N) is 1. The number of rotatable bonds is 5. The number of aromatic nitrogens is 2. The fraction of sp³-hybridized carbons (Fsp3) is 0.526. The van der Waals surface area contributed by atoms with Crippen LogP contribution in [0.3, 0.4) is 0 Å².